The molecule has 0 aliphatic carbocycles. The predicted octanol–water partition coefficient (Wildman–Crippen LogP) is 5.55. The molecule has 122 valence electrons. The minimum Gasteiger partial charge on any atom is -0.358 e. The number of rotatable bonds is 0. The molecule has 3 aromatic rings. The van der Waals surface area contributed by atoms with Crippen molar-refractivity contribution >= 4 is 21.8 Å². The van der Waals surface area contributed by atoms with Crippen LogP contribution in [0.25, 0.3) is 21.8 Å². The fraction of sp³-hybridized carbons (Fsp3) is 0.263. The topological polar surface area (TPSA) is 25.8 Å². The fourth-order valence-corrected chi connectivity index (χ4v) is 2.64. The van der Waals surface area contributed by atoms with E-state index in [4.69, 9.17) is 0 Å². The number of benzene rings is 1. The van der Waals surface area contributed by atoms with Crippen LogP contribution in [-0.4, -0.2) is 9.97 Å². The normalized spacial score (nSPS) is 9.27. The van der Waals surface area contributed by atoms with Gasteiger partial charge in [0.05, 0.1) is 11.0 Å². The van der Waals surface area contributed by atoms with Crippen molar-refractivity contribution in [3.63, 3.8) is 0 Å². The first-order valence-corrected chi connectivity index (χ1v) is 6.21. The van der Waals surface area contributed by atoms with Gasteiger partial charge >= 0.3 is 16.5 Å². The molecule has 0 aliphatic rings. The molecule has 0 saturated carbocycles. The van der Waals surface area contributed by atoms with E-state index in [9.17, 15) is 0 Å². The second kappa shape index (κ2) is 8.24. The van der Waals surface area contributed by atoms with E-state index >= 15 is 0 Å². The zero-order valence-corrected chi connectivity index (χ0v) is 14.5. The summed E-state index contributed by atoms with van der Waals surface area (Å²) in [5.74, 6) is 0. The van der Waals surface area contributed by atoms with Crippen LogP contribution in [0.1, 0.15) is 29.9 Å². The summed E-state index contributed by atoms with van der Waals surface area (Å²) in [6, 6.07) is 8.56. The summed E-state index contributed by atoms with van der Waals surface area (Å²) in [6.45, 7) is 8.33. The average Bonchev–Trinajstić information content (AvgIpc) is 2.28. The summed E-state index contributed by atoms with van der Waals surface area (Å²) in [5.41, 5.74) is 6.68. The first kappa shape index (κ1) is 22.8. The van der Waals surface area contributed by atoms with Crippen LogP contribution in [0.2, 0.25) is 0 Å². The van der Waals surface area contributed by atoms with Gasteiger partial charge in [0.25, 0.3) is 0 Å². The van der Waals surface area contributed by atoms with Gasteiger partial charge in [-0.1, -0.05) is 19.6 Å². The third-order valence-electron chi connectivity index (χ3n) is 3.43. The van der Waals surface area contributed by atoms with Crippen LogP contribution < -0.4 is 0 Å². The van der Waals surface area contributed by atoms with Crippen LogP contribution in [0.5, 0.6) is 0 Å². The number of aryl methyl sites for hydroxylation is 4. The Morgan fingerprint density at radius 3 is 1.32 bits per heavy atom. The van der Waals surface area contributed by atoms with Crippen molar-refractivity contribution < 1.29 is 16.5 Å². The van der Waals surface area contributed by atoms with E-state index in [0.29, 0.717) is 0 Å². The van der Waals surface area contributed by atoms with Crippen molar-refractivity contribution in [2.45, 2.75) is 35.1 Å². The molecule has 0 radical (unpaired) electrons. The van der Waals surface area contributed by atoms with Gasteiger partial charge in [0, 0.05) is 22.2 Å². The van der Waals surface area contributed by atoms with Crippen molar-refractivity contribution in [3.8, 4) is 0 Å². The number of nitrogens with zero attached hydrogens (tertiary/aromatic N) is 2. The standard InChI is InChI=1S/C16H16N2.CH4.2CH3.Ni/c1-9-7-11(3)17-15-13(9)5-6-14-10(2)8-12(4)18-16(14)15;;;;/h5-8H,1-4H3;1H4;2*1H3;/q;;2*-1;+2. The van der Waals surface area contributed by atoms with Gasteiger partial charge in [-0.3, -0.25) is 9.97 Å². The van der Waals surface area contributed by atoms with Gasteiger partial charge in [-0.2, -0.15) is 0 Å². The molecule has 0 spiro atoms. The molecule has 0 atom stereocenters. The maximum atomic E-state index is 4.68. The van der Waals surface area contributed by atoms with Gasteiger partial charge in [0.2, 0.25) is 0 Å². The summed E-state index contributed by atoms with van der Waals surface area (Å²) in [4.78, 5) is 9.37. The minimum atomic E-state index is 0. The predicted molar refractivity (Wildman–Crippen MR) is 95.6 cm³/mol. The van der Waals surface area contributed by atoms with E-state index in [0.717, 1.165) is 22.4 Å². The van der Waals surface area contributed by atoms with Gasteiger partial charge in [-0.15, -0.1) is 0 Å². The van der Waals surface area contributed by atoms with Crippen molar-refractivity contribution in [1.82, 2.24) is 9.97 Å². The van der Waals surface area contributed by atoms with Crippen molar-refractivity contribution in [3.05, 3.63) is 61.6 Å². The molecule has 0 N–H and O–H groups in total. The molecule has 0 aliphatic heterocycles. The van der Waals surface area contributed by atoms with Crippen LogP contribution in [0.3, 0.4) is 0 Å². The first-order chi connectivity index (χ1) is 8.56. The number of hydrogen-bond acceptors (Lipinski definition) is 2. The molecule has 2 heterocycles. The monoisotopic (exact) mass is 340 g/mol. The summed E-state index contributed by atoms with van der Waals surface area (Å²) in [7, 11) is 0. The van der Waals surface area contributed by atoms with Crippen LogP contribution in [0.15, 0.2) is 24.3 Å². The summed E-state index contributed by atoms with van der Waals surface area (Å²) in [5, 5.41) is 2.40. The number of fused-ring (bicyclic) bond motifs is 3. The third-order valence-corrected chi connectivity index (χ3v) is 3.43. The van der Waals surface area contributed by atoms with Crippen LogP contribution in [-0.2, 0) is 16.5 Å². The van der Waals surface area contributed by atoms with Crippen LogP contribution in [0, 0.1) is 42.5 Å². The zero-order chi connectivity index (χ0) is 12.9. The van der Waals surface area contributed by atoms with Crippen LogP contribution in [0.4, 0.5) is 0 Å². The van der Waals surface area contributed by atoms with E-state index in [-0.39, 0.29) is 38.8 Å². The average molecular weight is 341 g/mol. The molecule has 3 heteroatoms. The summed E-state index contributed by atoms with van der Waals surface area (Å²) in [6.07, 6.45) is 0. The molecule has 0 unspecified atom stereocenters. The minimum absolute atomic E-state index is 0. The van der Waals surface area contributed by atoms with E-state index in [1.54, 1.807) is 0 Å². The Morgan fingerprint density at radius 2 is 1.00 bits per heavy atom. The summed E-state index contributed by atoms with van der Waals surface area (Å²) < 4.78 is 0. The largest absolute Gasteiger partial charge is 2.00 e. The van der Waals surface area contributed by atoms with Gasteiger partial charge in [0.15, 0.2) is 0 Å². The van der Waals surface area contributed by atoms with Crippen molar-refractivity contribution in [2.24, 2.45) is 0 Å². The van der Waals surface area contributed by atoms with E-state index in [2.05, 4.69) is 48.1 Å². The Hall–Kier alpha value is -1.47. The smallest absolute Gasteiger partial charge is 0.358 e. The molecule has 2 nitrogen and oxygen atoms in total. The van der Waals surface area contributed by atoms with E-state index in [1.165, 1.54) is 21.9 Å². The molecule has 0 fully saturated rings. The zero-order valence-electron chi connectivity index (χ0n) is 13.5. The molecule has 0 amide bonds. The third kappa shape index (κ3) is 3.65. The SMILES string of the molecule is C.Cc1cc(C)c2ccc3c(C)cc(C)nc3c2n1.[CH3-].[CH3-].[Ni+2]. The second-order valence-electron chi connectivity index (χ2n) is 5.02. The first-order valence-electron chi connectivity index (χ1n) is 6.21. The molecule has 3 rings (SSSR count). The van der Waals surface area contributed by atoms with Gasteiger partial charge in [-0.05, 0) is 51.0 Å². The quantitative estimate of drug-likeness (QED) is 0.304. The van der Waals surface area contributed by atoms with Crippen LogP contribution >= 0.6 is 0 Å². The molecule has 0 saturated heterocycles. The summed E-state index contributed by atoms with van der Waals surface area (Å²) >= 11 is 0. The van der Waals surface area contributed by atoms with Gasteiger partial charge in [-0.25, -0.2) is 0 Å². The van der Waals surface area contributed by atoms with E-state index in [1.807, 2.05) is 13.8 Å². The fourth-order valence-electron chi connectivity index (χ4n) is 2.64. The van der Waals surface area contributed by atoms with Crippen molar-refractivity contribution in [1.29, 1.82) is 0 Å². The maximum Gasteiger partial charge on any atom is 2.00 e. The Balaban J connectivity index is 0. The Morgan fingerprint density at radius 1 is 0.682 bits per heavy atom. The van der Waals surface area contributed by atoms with Crippen molar-refractivity contribution in [2.75, 3.05) is 0 Å². The molecule has 0 bridgehead atoms. The number of hydrogen-bond donors (Lipinski definition) is 0. The van der Waals surface area contributed by atoms with Gasteiger partial charge in [0.1, 0.15) is 0 Å². The van der Waals surface area contributed by atoms with E-state index < -0.39 is 0 Å². The molecule has 1 aromatic carbocycles. The number of aromatic nitrogens is 2. The molecular formula is C19H26N2Ni. The van der Waals surface area contributed by atoms with Gasteiger partial charge < -0.3 is 14.9 Å². The molecule has 2 aromatic heterocycles. The second-order valence-corrected chi connectivity index (χ2v) is 5.02. The Labute approximate surface area is 145 Å². The molecule has 22 heavy (non-hydrogen) atoms. The number of pyridine rings is 2. The Bertz CT molecular complexity index is 713. The maximum absolute atomic E-state index is 4.68. The molecular weight excluding hydrogens is 315 g/mol. The Kier molecular flexibility index (Phi) is 8.54.